The Morgan fingerprint density at radius 1 is 0.778 bits per heavy atom. The van der Waals surface area contributed by atoms with Gasteiger partial charge in [0.25, 0.3) is 0 Å². The average Bonchev–Trinajstić information content (AvgIpc) is 2.46. The third kappa shape index (κ3) is 2.77. The van der Waals surface area contributed by atoms with Gasteiger partial charge in [0, 0.05) is 21.6 Å². The van der Waals surface area contributed by atoms with Crippen LogP contribution in [0.4, 0.5) is 0 Å². The molecule has 94 valence electrons. The van der Waals surface area contributed by atoms with Gasteiger partial charge in [0.05, 0.1) is 10.8 Å². The Morgan fingerprint density at radius 2 is 1.17 bits per heavy atom. The highest BCUT2D eigenvalue weighted by atomic mass is 35.5. The molecule has 2 rings (SSSR count). The molecule has 0 saturated carbocycles. The molecule has 0 spiro atoms. The third-order valence-electron chi connectivity index (χ3n) is 2.63. The maximum atomic E-state index is 12.6. The molecule has 0 aliphatic rings. The first kappa shape index (κ1) is 13.6. The minimum atomic E-state index is -1.24. The van der Waals surface area contributed by atoms with Crippen molar-refractivity contribution in [1.82, 2.24) is 0 Å². The first-order valence-corrected chi connectivity index (χ1v) is 7.69. The van der Waals surface area contributed by atoms with Gasteiger partial charge in [-0.05, 0) is 23.3 Å². The van der Waals surface area contributed by atoms with Crippen LogP contribution < -0.4 is 0 Å². The second-order valence-corrected chi connectivity index (χ2v) is 5.70. The Balaban J connectivity index is 2.48. The zero-order valence-corrected chi connectivity index (χ0v) is 11.9. The van der Waals surface area contributed by atoms with Crippen molar-refractivity contribution in [3.8, 4) is 0 Å². The van der Waals surface area contributed by atoms with Crippen molar-refractivity contribution >= 4 is 34.0 Å². The molecule has 1 nitrogen and oxygen atoms in total. The minimum absolute atomic E-state index is 0.352. The van der Waals surface area contributed by atoms with E-state index in [4.69, 9.17) is 23.2 Å². The summed E-state index contributed by atoms with van der Waals surface area (Å²) in [7, 11) is -1.24. The second-order valence-electron chi connectivity index (χ2n) is 3.75. The molecule has 0 heterocycles. The molecule has 2 aromatic rings. The van der Waals surface area contributed by atoms with Crippen molar-refractivity contribution in [2.75, 3.05) is 0 Å². The number of hydrogen-bond acceptors (Lipinski definition) is 1. The molecular weight excluding hydrogens is 287 g/mol. The van der Waals surface area contributed by atoms with E-state index in [1.54, 1.807) is 0 Å². The first-order valence-electron chi connectivity index (χ1n) is 5.47. The normalized spacial score (nSPS) is 10.8. The first-order chi connectivity index (χ1) is 8.77. The van der Waals surface area contributed by atoms with Crippen LogP contribution >= 0.6 is 23.2 Å². The number of hydrogen-bond donors (Lipinski definition) is 0. The molecule has 0 saturated heterocycles. The van der Waals surface area contributed by atoms with Crippen LogP contribution in [0.5, 0.6) is 0 Å². The molecule has 0 aliphatic heterocycles. The van der Waals surface area contributed by atoms with E-state index in [9.17, 15) is 4.21 Å². The Bertz CT molecular complexity index is 520. The third-order valence-corrected chi connectivity index (χ3v) is 4.80. The summed E-state index contributed by atoms with van der Waals surface area (Å²) in [6.07, 6.45) is 0. The molecule has 4 heteroatoms. The maximum Gasteiger partial charge on any atom is 0.0856 e. The van der Waals surface area contributed by atoms with Gasteiger partial charge >= 0.3 is 0 Å². The number of alkyl halides is 2. The lowest BCUT2D eigenvalue weighted by Gasteiger charge is -2.09. The summed E-state index contributed by atoms with van der Waals surface area (Å²) < 4.78 is 12.6. The van der Waals surface area contributed by atoms with Crippen LogP contribution in [0.3, 0.4) is 0 Å². The van der Waals surface area contributed by atoms with Crippen molar-refractivity contribution < 1.29 is 4.21 Å². The van der Waals surface area contributed by atoms with Crippen LogP contribution in [-0.4, -0.2) is 4.21 Å². The molecule has 0 radical (unpaired) electrons. The smallest absolute Gasteiger partial charge is 0.0856 e. The lowest BCUT2D eigenvalue weighted by Crippen LogP contribution is -2.00. The molecule has 0 N–H and O–H groups in total. The summed E-state index contributed by atoms with van der Waals surface area (Å²) in [4.78, 5) is 1.51. The fourth-order valence-electron chi connectivity index (χ4n) is 1.71. The predicted molar refractivity (Wildman–Crippen MR) is 76.7 cm³/mol. The van der Waals surface area contributed by atoms with E-state index >= 15 is 0 Å². The summed E-state index contributed by atoms with van der Waals surface area (Å²) in [5.41, 5.74) is 1.78. The molecule has 2 aromatic carbocycles. The molecule has 0 fully saturated rings. The summed E-state index contributed by atoms with van der Waals surface area (Å²) in [6, 6.07) is 15.0. The fourth-order valence-corrected chi connectivity index (χ4v) is 3.73. The van der Waals surface area contributed by atoms with Gasteiger partial charge in [0.1, 0.15) is 0 Å². The summed E-state index contributed by atoms with van der Waals surface area (Å²) in [6.45, 7) is 0. The van der Waals surface area contributed by atoms with Gasteiger partial charge < -0.3 is 0 Å². The molecule has 0 bridgehead atoms. The van der Waals surface area contributed by atoms with Crippen LogP contribution in [0.25, 0.3) is 0 Å². The monoisotopic (exact) mass is 298 g/mol. The Kier molecular flexibility index (Phi) is 4.81. The molecule has 0 atom stereocenters. The van der Waals surface area contributed by atoms with Gasteiger partial charge in [-0.1, -0.05) is 36.4 Å². The van der Waals surface area contributed by atoms with Crippen molar-refractivity contribution in [3.05, 3.63) is 59.7 Å². The topological polar surface area (TPSA) is 17.1 Å². The lowest BCUT2D eigenvalue weighted by molar-refractivity contribution is 0.682. The zero-order valence-electron chi connectivity index (χ0n) is 9.61. The van der Waals surface area contributed by atoms with Gasteiger partial charge in [0.2, 0.25) is 0 Å². The minimum Gasteiger partial charge on any atom is -0.249 e. The molecule has 0 amide bonds. The van der Waals surface area contributed by atoms with E-state index in [1.807, 2.05) is 48.5 Å². The van der Waals surface area contributed by atoms with Crippen molar-refractivity contribution in [2.24, 2.45) is 0 Å². The van der Waals surface area contributed by atoms with E-state index in [0.29, 0.717) is 11.8 Å². The van der Waals surface area contributed by atoms with Gasteiger partial charge in [-0.25, -0.2) is 4.21 Å². The zero-order chi connectivity index (χ0) is 13.0. The fraction of sp³-hybridized carbons (Fsp3) is 0.143. The van der Waals surface area contributed by atoms with Gasteiger partial charge in [0.15, 0.2) is 0 Å². The van der Waals surface area contributed by atoms with Gasteiger partial charge in [-0.3, -0.25) is 0 Å². The number of benzene rings is 2. The van der Waals surface area contributed by atoms with Gasteiger partial charge in [-0.15, -0.1) is 23.2 Å². The summed E-state index contributed by atoms with van der Waals surface area (Å²) in [5.74, 6) is 0.704. The second kappa shape index (κ2) is 6.37. The molecule has 0 unspecified atom stereocenters. The largest absolute Gasteiger partial charge is 0.249 e. The molecule has 0 aromatic heterocycles. The van der Waals surface area contributed by atoms with Crippen LogP contribution in [0.15, 0.2) is 58.3 Å². The Morgan fingerprint density at radius 3 is 1.56 bits per heavy atom. The van der Waals surface area contributed by atoms with Gasteiger partial charge in [-0.2, -0.15) is 0 Å². The predicted octanol–water partition coefficient (Wildman–Crippen LogP) is 4.33. The van der Waals surface area contributed by atoms with Crippen molar-refractivity contribution in [2.45, 2.75) is 21.6 Å². The van der Waals surface area contributed by atoms with Crippen molar-refractivity contribution in [3.63, 3.8) is 0 Å². The number of halogens is 2. The maximum absolute atomic E-state index is 12.6. The molecule has 18 heavy (non-hydrogen) atoms. The van der Waals surface area contributed by atoms with E-state index in [-0.39, 0.29) is 0 Å². The number of rotatable bonds is 4. The van der Waals surface area contributed by atoms with E-state index in [1.165, 1.54) is 0 Å². The van der Waals surface area contributed by atoms with E-state index in [0.717, 1.165) is 20.9 Å². The van der Waals surface area contributed by atoms with Crippen LogP contribution in [0.1, 0.15) is 11.1 Å². The SMILES string of the molecule is O=S(c1ccccc1CCl)c1ccccc1CCl. The highest BCUT2D eigenvalue weighted by molar-refractivity contribution is 7.85. The van der Waals surface area contributed by atoms with E-state index < -0.39 is 10.8 Å². The lowest BCUT2D eigenvalue weighted by atomic mass is 10.2. The summed E-state index contributed by atoms with van der Waals surface area (Å²) >= 11 is 11.8. The Hall–Kier alpha value is -0.830. The average molecular weight is 299 g/mol. The highest BCUT2D eigenvalue weighted by Crippen LogP contribution is 2.24. The standard InChI is InChI=1S/C14H12Cl2OS/c15-9-11-5-1-3-7-13(11)18(17)14-8-4-2-6-12(14)10-16/h1-8H,9-10H2. The van der Waals surface area contributed by atoms with E-state index in [2.05, 4.69) is 0 Å². The van der Waals surface area contributed by atoms with Crippen molar-refractivity contribution in [1.29, 1.82) is 0 Å². The Labute approximate surface area is 119 Å². The summed E-state index contributed by atoms with van der Waals surface area (Å²) in [5, 5.41) is 0. The van der Waals surface area contributed by atoms with Crippen LogP contribution in [0.2, 0.25) is 0 Å². The van der Waals surface area contributed by atoms with Crippen LogP contribution in [-0.2, 0) is 22.6 Å². The molecule has 0 aliphatic carbocycles. The highest BCUT2D eigenvalue weighted by Gasteiger charge is 2.13. The van der Waals surface area contributed by atoms with Crippen LogP contribution in [0, 0.1) is 0 Å². The quantitative estimate of drug-likeness (QED) is 0.768. The molecular formula is C14H12Cl2OS.